The topological polar surface area (TPSA) is 26.3 Å². The first-order valence-electron chi connectivity index (χ1n) is 5.60. The molecule has 0 fully saturated rings. The first-order valence-corrected chi connectivity index (χ1v) is 6.76. The van der Waals surface area contributed by atoms with Crippen LogP contribution in [0.25, 0.3) is 0 Å². The summed E-state index contributed by atoms with van der Waals surface area (Å²) in [6.07, 6.45) is 4.52. The molecule has 4 heteroatoms. The Kier molecular flexibility index (Phi) is 11.6. The Labute approximate surface area is 96.0 Å². The van der Waals surface area contributed by atoms with Crippen LogP contribution in [-0.2, 0) is 9.53 Å². The van der Waals surface area contributed by atoms with Crippen molar-refractivity contribution in [2.24, 2.45) is 0 Å². The summed E-state index contributed by atoms with van der Waals surface area (Å²) in [6.45, 7) is 2.37. The number of esters is 1. The largest absolute Gasteiger partial charge is 0.465 e. The Balaban J connectivity index is 3.10. The second-order valence-electron chi connectivity index (χ2n) is 3.38. The summed E-state index contributed by atoms with van der Waals surface area (Å²) in [5, 5.41) is 0. The fourth-order valence-electron chi connectivity index (χ4n) is 1.00. The number of unbranched alkanes of at least 4 members (excludes halogenated alkanes) is 3. The third kappa shape index (κ3) is 11.7. The number of carbonyl (C=O) groups excluding carboxylic acids is 1. The van der Waals surface area contributed by atoms with Gasteiger partial charge in [-0.1, -0.05) is 19.8 Å². The summed E-state index contributed by atoms with van der Waals surface area (Å²) in [4.78, 5) is 11.1. The lowest BCUT2D eigenvalue weighted by atomic mass is 10.3. The number of alkyl halides is 1. The van der Waals surface area contributed by atoms with Crippen LogP contribution in [0.5, 0.6) is 0 Å². The molecule has 0 aromatic heterocycles. The molecule has 0 atom stereocenters. The lowest BCUT2D eigenvalue weighted by molar-refractivity contribution is -0.140. The Bertz CT molecular complexity index is 154. The molecule has 0 aromatic rings. The van der Waals surface area contributed by atoms with Gasteiger partial charge in [0.25, 0.3) is 0 Å². The molecule has 0 heterocycles. The molecule has 2 nitrogen and oxygen atoms in total. The molecule has 0 aromatic carbocycles. The minimum atomic E-state index is -0.232. The van der Waals surface area contributed by atoms with Crippen molar-refractivity contribution in [3.8, 4) is 0 Å². The number of hydrogen-bond donors (Lipinski definition) is 0. The molecule has 0 rings (SSSR count). The zero-order chi connectivity index (χ0) is 11.4. The van der Waals surface area contributed by atoms with Crippen molar-refractivity contribution < 1.29 is 13.9 Å². The fourth-order valence-corrected chi connectivity index (χ4v) is 1.81. The van der Waals surface area contributed by atoms with Gasteiger partial charge in [0, 0.05) is 0 Å². The van der Waals surface area contributed by atoms with Crippen molar-refractivity contribution in [3.63, 3.8) is 0 Å². The van der Waals surface area contributed by atoms with E-state index in [4.69, 9.17) is 4.74 Å². The van der Waals surface area contributed by atoms with Gasteiger partial charge < -0.3 is 4.74 Å². The zero-order valence-corrected chi connectivity index (χ0v) is 10.3. The molecule has 0 bridgehead atoms. The van der Waals surface area contributed by atoms with Crippen molar-refractivity contribution in [3.05, 3.63) is 0 Å². The summed E-state index contributed by atoms with van der Waals surface area (Å²) in [7, 11) is 0. The maximum Gasteiger partial charge on any atom is 0.315 e. The van der Waals surface area contributed by atoms with Gasteiger partial charge in [-0.05, 0) is 25.0 Å². The van der Waals surface area contributed by atoms with Gasteiger partial charge >= 0.3 is 5.97 Å². The number of carbonyl (C=O) groups is 1. The highest BCUT2D eigenvalue weighted by molar-refractivity contribution is 7.99. The van der Waals surface area contributed by atoms with Crippen molar-refractivity contribution >= 4 is 17.7 Å². The Hall–Kier alpha value is -0.250. The first-order chi connectivity index (χ1) is 7.31. The molecule has 0 aliphatic rings. The number of hydrogen-bond acceptors (Lipinski definition) is 3. The van der Waals surface area contributed by atoms with E-state index in [2.05, 4.69) is 6.92 Å². The van der Waals surface area contributed by atoms with E-state index in [0.717, 1.165) is 31.4 Å². The highest BCUT2D eigenvalue weighted by Crippen LogP contribution is 2.07. The van der Waals surface area contributed by atoms with Gasteiger partial charge in [-0.15, -0.1) is 0 Å². The lowest BCUT2D eigenvalue weighted by Crippen LogP contribution is -2.08. The molecule has 0 unspecified atom stereocenters. The Morgan fingerprint density at radius 2 is 2.07 bits per heavy atom. The van der Waals surface area contributed by atoms with Crippen molar-refractivity contribution in [1.29, 1.82) is 0 Å². The van der Waals surface area contributed by atoms with Crippen LogP contribution in [0.15, 0.2) is 0 Å². The van der Waals surface area contributed by atoms with E-state index in [0.29, 0.717) is 18.8 Å². The van der Waals surface area contributed by atoms with E-state index in [9.17, 15) is 9.18 Å². The smallest absolute Gasteiger partial charge is 0.315 e. The quantitative estimate of drug-likeness (QED) is 0.430. The number of rotatable bonds is 10. The van der Waals surface area contributed by atoms with Gasteiger partial charge in [0.05, 0.1) is 19.0 Å². The first kappa shape index (κ1) is 14.8. The van der Waals surface area contributed by atoms with E-state index in [1.165, 1.54) is 0 Å². The highest BCUT2D eigenvalue weighted by atomic mass is 32.2. The van der Waals surface area contributed by atoms with Gasteiger partial charge in [-0.3, -0.25) is 9.18 Å². The van der Waals surface area contributed by atoms with Crippen LogP contribution in [0.3, 0.4) is 0 Å². The molecular weight excluding hydrogens is 215 g/mol. The lowest BCUT2D eigenvalue weighted by Gasteiger charge is -2.03. The predicted molar refractivity (Wildman–Crippen MR) is 63.0 cm³/mol. The second-order valence-corrected chi connectivity index (χ2v) is 4.48. The molecule has 0 radical (unpaired) electrons. The molecule has 0 N–H and O–H groups in total. The Morgan fingerprint density at radius 3 is 2.73 bits per heavy atom. The van der Waals surface area contributed by atoms with Crippen molar-refractivity contribution in [2.75, 3.05) is 24.8 Å². The van der Waals surface area contributed by atoms with E-state index < -0.39 is 0 Å². The second kappa shape index (κ2) is 11.8. The number of halogens is 1. The van der Waals surface area contributed by atoms with Gasteiger partial charge in [-0.25, -0.2) is 0 Å². The van der Waals surface area contributed by atoms with Crippen LogP contribution in [0, 0.1) is 0 Å². The minimum Gasteiger partial charge on any atom is -0.465 e. The zero-order valence-electron chi connectivity index (χ0n) is 9.47. The third-order valence-corrected chi connectivity index (χ3v) is 2.92. The molecular formula is C11H21FO2S. The summed E-state index contributed by atoms with van der Waals surface area (Å²) in [5.74, 6) is 1.22. The van der Waals surface area contributed by atoms with Crippen molar-refractivity contribution in [1.82, 2.24) is 0 Å². The molecule has 0 saturated carbocycles. The fraction of sp³-hybridized carbons (Fsp3) is 0.909. The summed E-state index contributed by atoms with van der Waals surface area (Å²) < 4.78 is 16.7. The molecule has 0 aliphatic carbocycles. The van der Waals surface area contributed by atoms with Crippen molar-refractivity contribution in [2.45, 2.75) is 39.0 Å². The van der Waals surface area contributed by atoms with Crippen LogP contribution in [-0.4, -0.2) is 30.8 Å². The van der Waals surface area contributed by atoms with Gasteiger partial charge in [0.1, 0.15) is 0 Å². The average molecular weight is 236 g/mol. The SMILES string of the molecule is CCCCOC(=O)CSCCCCCF. The predicted octanol–water partition coefficient (Wildman–Crippen LogP) is 3.20. The number of thioether (sulfide) groups is 1. The van der Waals surface area contributed by atoms with Gasteiger partial charge in [-0.2, -0.15) is 11.8 Å². The maximum atomic E-state index is 11.7. The minimum absolute atomic E-state index is 0.126. The molecule has 0 aliphatic heterocycles. The number of ether oxygens (including phenoxy) is 1. The molecule has 90 valence electrons. The average Bonchev–Trinajstić information content (AvgIpc) is 2.23. The summed E-state index contributed by atoms with van der Waals surface area (Å²) in [6, 6.07) is 0. The van der Waals surface area contributed by atoms with Gasteiger partial charge in [0.2, 0.25) is 0 Å². The van der Waals surface area contributed by atoms with E-state index in [-0.39, 0.29) is 12.6 Å². The van der Waals surface area contributed by atoms with Gasteiger partial charge in [0.15, 0.2) is 0 Å². The molecule has 0 amide bonds. The monoisotopic (exact) mass is 236 g/mol. The van der Waals surface area contributed by atoms with E-state index in [1.807, 2.05) is 0 Å². The molecule has 15 heavy (non-hydrogen) atoms. The van der Waals surface area contributed by atoms with Crippen LogP contribution >= 0.6 is 11.8 Å². The molecule has 0 spiro atoms. The molecule has 0 saturated heterocycles. The van der Waals surface area contributed by atoms with Crippen LogP contribution in [0.4, 0.5) is 4.39 Å². The van der Waals surface area contributed by atoms with Crippen LogP contribution < -0.4 is 0 Å². The Morgan fingerprint density at radius 1 is 1.27 bits per heavy atom. The standard InChI is InChI=1S/C11H21FO2S/c1-2-3-8-14-11(13)10-15-9-6-4-5-7-12/h2-10H2,1H3. The van der Waals surface area contributed by atoms with Crippen LogP contribution in [0.1, 0.15) is 39.0 Å². The summed E-state index contributed by atoms with van der Waals surface area (Å²) >= 11 is 1.57. The van der Waals surface area contributed by atoms with E-state index >= 15 is 0 Å². The summed E-state index contributed by atoms with van der Waals surface area (Å²) in [5.41, 5.74) is 0. The maximum absolute atomic E-state index is 11.7. The third-order valence-electron chi connectivity index (χ3n) is 1.90. The van der Waals surface area contributed by atoms with Crippen LogP contribution in [0.2, 0.25) is 0 Å². The highest BCUT2D eigenvalue weighted by Gasteiger charge is 2.01. The van der Waals surface area contributed by atoms with E-state index in [1.54, 1.807) is 11.8 Å². The normalized spacial score (nSPS) is 10.3.